The Bertz CT molecular complexity index is 381. The largest absolute Gasteiger partial charge is 0.292 e. The summed E-state index contributed by atoms with van der Waals surface area (Å²) in [6, 6.07) is 4.55. The fourth-order valence-corrected chi connectivity index (χ4v) is 1.02. The van der Waals surface area contributed by atoms with Gasteiger partial charge in [0.15, 0.2) is 6.19 Å². The molecule has 0 bridgehead atoms. The predicted octanol–water partition coefficient (Wildman–Crippen LogP) is 1.80. The third-order valence-electron chi connectivity index (χ3n) is 1.69. The number of nitrogens with zero attached hydrogens (tertiary/aromatic N) is 2. The van der Waals surface area contributed by atoms with Gasteiger partial charge in [0.2, 0.25) is 0 Å². The topological polar surface area (TPSA) is 79.0 Å². The third kappa shape index (κ3) is 1.73. The lowest BCUT2D eigenvalue weighted by Gasteiger charge is -2.02. The van der Waals surface area contributed by atoms with Gasteiger partial charge in [-0.05, 0) is 13.0 Å². The van der Waals surface area contributed by atoms with Crippen LogP contribution in [0.25, 0.3) is 0 Å². The summed E-state index contributed by atoms with van der Waals surface area (Å²) in [5.74, 6) is 0. The van der Waals surface area contributed by atoms with Crippen LogP contribution in [-0.4, -0.2) is 4.92 Å². The minimum atomic E-state index is -0.474. The van der Waals surface area contributed by atoms with Gasteiger partial charge in [0.05, 0.1) is 16.2 Å². The molecule has 0 unspecified atom stereocenters. The molecule has 5 nitrogen and oxygen atoms in total. The highest BCUT2D eigenvalue weighted by molar-refractivity contribution is 5.61. The normalized spacial score (nSPS) is 8.92. The van der Waals surface area contributed by atoms with Gasteiger partial charge in [-0.15, -0.1) is 0 Å². The van der Waals surface area contributed by atoms with Crippen LogP contribution in [0.3, 0.4) is 0 Å². The number of nitro benzene ring substituents is 1. The number of rotatable bonds is 2. The number of nitro groups is 1. The molecule has 0 amide bonds. The van der Waals surface area contributed by atoms with Crippen LogP contribution < -0.4 is 5.32 Å². The zero-order valence-electron chi connectivity index (χ0n) is 6.94. The van der Waals surface area contributed by atoms with Crippen molar-refractivity contribution in [3.63, 3.8) is 0 Å². The van der Waals surface area contributed by atoms with Gasteiger partial charge >= 0.3 is 0 Å². The summed E-state index contributed by atoms with van der Waals surface area (Å²) >= 11 is 0. The molecule has 0 aliphatic carbocycles. The third-order valence-corrected chi connectivity index (χ3v) is 1.69. The van der Waals surface area contributed by atoms with Gasteiger partial charge in [0.25, 0.3) is 5.69 Å². The predicted molar refractivity (Wildman–Crippen MR) is 47.1 cm³/mol. The highest BCUT2D eigenvalue weighted by Crippen LogP contribution is 2.24. The van der Waals surface area contributed by atoms with E-state index in [1.54, 1.807) is 19.2 Å². The van der Waals surface area contributed by atoms with E-state index < -0.39 is 4.92 Å². The van der Waals surface area contributed by atoms with E-state index in [0.29, 0.717) is 11.3 Å². The monoisotopic (exact) mass is 177 g/mol. The molecule has 1 rings (SSSR count). The second-order valence-corrected chi connectivity index (χ2v) is 2.44. The quantitative estimate of drug-likeness (QED) is 0.323. The fraction of sp³-hybridized carbons (Fsp3) is 0.125. The number of hydrogen-bond donors (Lipinski definition) is 1. The molecule has 13 heavy (non-hydrogen) atoms. The first-order chi connectivity index (χ1) is 6.16. The molecule has 0 radical (unpaired) electrons. The molecule has 0 fully saturated rings. The van der Waals surface area contributed by atoms with Gasteiger partial charge in [-0.3, -0.25) is 15.4 Å². The molecule has 0 atom stereocenters. The second-order valence-electron chi connectivity index (χ2n) is 2.44. The molecule has 0 heterocycles. The lowest BCUT2D eigenvalue weighted by atomic mass is 10.1. The van der Waals surface area contributed by atoms with E-state index in [-0.39, 0.29) is 5.69 Å². The van der Waals surface area contributed by atoms with Crippen LogP contribution in [0.2, 0.25) is 0 Å². The van der Waals surface area contributed by atoms with Gasteiger partial charge in [-0.1, -0.05) is 6.07 Å². The van der Waals surface area contributed by atoms with Gasteiger partial charge in [0, 0.05) is 6.07 Å². The standard InChI is InChI=1S/C8H7N3O2/c1-6-7(10-5-9)3-2-4-8(6)11(12)13/h2-4,10H,1H3. The maximum atomic E-state index is 10.5. The summed E-state index contributed by atoms with van der Waals surface area (Å²) in [7, 11) is 0. The second kappa shape index (κ2) is 3.54. The van der Waals surface area contributed by atoms with Crippen LogP contribution in [0, 0.1) is 28.5 Å². The molecule has 1 aromatic carbocycles. The lowest BCUT2D eigenvalue weighted by Crippen LogP contribution is -1.96. The zero-order chi connectivity index (χ0) is 9.84. The maximum Gasteiger partial charge on any atom is 0.274 e. The molecule has 5 heteroatoms. The fourth-order valence-electron chi connectivity index (χ4n) is 1.02. The summed E-state index contributed by atoms with van der Waals surface area (Å²) < 4.78 is 0. The first-order valence-electron chi connectivity index (χ1n) is 3.56. The van der Waals surface area contributed by atoms with Gasteiger partial charge in [0.1, 0.15) is 0 Å². The van der Waals surface area contributed by atoms with Crippen molar-refractivity contribution in [1.82, 2.24) is 0 Å². The number of benzene rings is 1. The van der Waals surface area contributed by atoms with Crippen LogP contribution in [0.1, 0.15) is 5.56 Å². The van der Waals surface area contributed by atoms with Crippen LogP contribution >= 0.6 is 0 Å². The van der Waals surface area contributed by atoms with E-state index in [2.05, 4.69) is 5.32 Å². The van der Waals surface area contributed by atoms with E-state index in [9.17, 15) is 10.1 Å². The van der Waals surface area contributed by atoms with Gasteiger partial charge in [-0.25, -0.2) is 0 Å². The molecule has 0 saturated carbocycles. The molecule has 0 aliphatic rings. The number of nitrogens with one attached hydrogen (secondary N) is 1. The first-order valence-corrected chi connectivity index (χ1v) is 3.56. The molecule has 0 aliphatic heterocycles. The van der Waals surface area contributed by atoms with Gasteiger partial charge in [-0.2, -0.15) is 5.26 Å². The molecule has 1 N–H and O–H groups in total. The Morgan fingerprint density at radius 1 is 1.62 bits per heavy atom. The SMILES string of the molecule is Cc1c(NC#N)cccc1[N+](=O)[O-]. The molecule has 0 aromatic heterocycles. The Kier molecular flexibility index (Phi) is 2.45. The van der Waals surface area contributed by atoms with Crippen molar-refractivity contribution in [1.29, 1.82) is 5.26 Å². The zero-order valence-corrected chi connectivity index (χ0v) is 6.94. The summed E-state index contributed by atoms with van der Waals surface area (Å²) in [5, 5.41) is 21.2. The van der Waals surface area contributed by atoms with E-state index in [1.807, 2.05) is 0 Å². The van der Waals surface area contributed by atoms with Crippen molar-refractivity contribution >= 4 is 11.4 Å². The van der Waals surface area contributed by atoms with Crippen LogP contribution in [0.5, 0.6) is 0 Å². The highest BCUT2D eigenvalue weighted by Gasteiger charge is 2.12. The summed E-state index contributed by atoms with van der Waals surface area (Å²) in [6.45, 7) is 1.60. The highest BCUT2D eigenvalue weighted by atomic mass is 16.6. The van der Waals surface area contributed by atoms with Crippen molar-refractivity contribution in [3.05, 3.63) is 33.9 Å². The lowest BCUT2D eigenvalue weighted by molar-refractivity contribution is -0.385. The van der Waals surface area contributed by atoms with Crippen LogP contribution in [-0.2, 0) is 0 Å². The average molecular weight is 177 g/mol. The summed E-state index contributed by atoms with van der Waals surface area (Å²) in [6.07, 6.45) is 1.72. The number of anilines is 1. The first kappa shape index (κ1) is 9.00. The van der Waals surface area contributed by atoms with E-state index >= 15 is 0 Å². The van der Waals surface area contributed by atoms with Crippen molar-refractivity contribution in [3.8, 4) is 6.19 Å². The Morgan fingerprint density at radius 2 is 2.31 bits per heavy atom. The van der Waals surface area contributed by atoms with E-state index in [1.165, 1.54) is 12.1 Å². The van der Waals surface area contributed by atoms with Crippen molar-refractivity contribution < 1.29 is 4.92 Å². The Balaban J connectivity index is 3.20. The van der Waals surface area contributed by atoms with Crippen molar-refractivity contribution in [2.75, 3.05) is 5.32 Å². The minimum Gasteiger partial charge on any atom is -0.292 e. The van der Waals surface area contributed by atoms with Crippen LogP contribution in [0.15, 0.2) is 18.2 Å². The summed E-state index contributed by atoms with van der Waals surface area (Å²) in [4.78, 5) is 10.00. The Hall–Kier alpha value is -2.09. The van der Waals surface area contributed by atoms with Gasteiger partial charge < -0.3 is 0 Å². The Labute approximate surface area is 74.8 Å². The average Bonchev–Trinajstić information content (AvgIpc) is 2.08. The molecule has 0 saturated heterocycles. The molecule has 0 spiro atoms. The van der Waals surface area contributed by atoms with Crippen molar-refractivity contribution in [2.24, 2.45) is 0 Å². The minimum absolute atomic E-state index is 0.0141. The van der Waals surface area contributed by atoms with E-state index in [0.717, 1.165) is 0 Å². The van der Waals surface area contributed by atoms with Crippen molar-refractivity contribution in [2.45, 2.75) is 6.92 Å². The molecule has 1 aromatic rings. The Morgan fingerprint density at radius 3 is 2.85 bits per heavy atom. The smallest absolute Gasteiger partial charge is 0.274 e. The summed E-state index contributed by atoms with van der Waals surface area (Å²) in [5.41, 5.74) is 0.950. The number of hydrogen-bond acceptors (Lipinski definition) is 4. The van der Waals surface area contributed by atoms with Crippen LogP contribution in [0.4, 0.5) is 11.4 Å². The molecular formula is C8H7N3O2. The molecule has 66 valence electrons. The number of nitriles is 1. The van der Waals surface area contributed by atoms with E-state index in [4.69, 9.17) is 5.26 Å². The maximum absolute atomic E-state index is 10.5. The molecular weight excluding hydrogens is 170 g/mol.